The summed E-state index contributed by atoms with van der Waals surface area (Å²) in [7, 11) is 0. The van der Waals surface area contributed by atoms with Crippen LogP contribution < -0.4 is 9.80 Å². The van der Waals surface area contributed by atoms with Crippen LogP contribution in [0.25, 0.3) is 55.0 Å². The molecule has 0 saturated carbocycles. The Hall–Kier alpha value is -8.92. The van der Waals surface area contributed by atoms with Crippen LogP contribution in [0, 0.1) is 0 Å². The van der Waals surface area contributed by atoms with Crippen LogP contribution in [0.2, 0.25) is 0 Å². The zero-order chi connectivity index (χ0) is 51.1. The van der Waals surface area contributed by atoms with Crippen molar-refractivity contribution in [2.24, 2.45) is 0 Å². The molecule has 0 bridgehead atoms. The van der Waals surface area contributed by atoms with E-state index < -0.39 is 29.6 Å². The molecule has 12 aromatic rings. The smallest absolute Gasteiger partial charge is 0.135 e. The predicted octanol–water partition coefficient (Wildman–Crippen LogP) is 17.7. The number of anilines is 6. The van der Waals surface area contributed by atoms with Gasteiger partial charge in [-0.2, -0.15) is 0 Å². The molecule has 1 atom stereocenters. The van der Waals surface area contributed by atoms with E-state index in [9.17, 15) is 5.48 Å². The van der Waals surface area contributed by atoms with E-state index in [1.165, 1.54) is 0 Å². The zero-order valence-electron chi connectivity index (χ0n) is 43.7. The molecule has 1 unspecified atom stereocenters. The standard InChI is InChI=1S/C65H44N2O/c1-5-20-46(21-6-1)55-29-15-17-31-62(55)67(52-27-11-4-12-28-52)54-37-40-61-59(44-54)58-43-53(66(50-23-7-2-8-24-50)51-25-9-3-10-26-51)36-39-60(58)65(61,48-34-33-45-19-13-14-22-47(45)41-48)49-35-38-57-56-30-16-18-32-63(56)68-64(57)42-49/h1-44H/i13D,14D,19D,22D,33D,34D,41D. The van der Waals surface area contributed by atoms with Gasteiger partial charge in [0.15, 0.2) is 0 Å². The molecule has 3 nitrogen and oxygen atoms in total. The Balaban J connectivity index is 1.18. The summed E-state index contributed by atoms with van der Waals surface area (Å²) in [5, 5.41) is 1.54. The van der Waals surface area contributed by atoms with Crippen LogP contribution in [-0.2, 0) is 5.41 Å². The lowest BCUT2D eigenvalue weighted by Crippen LogP contribution is -2.28. The minimum absolute atomic E-state index is 0.114. The van der Waals surface area contributed by atoms with Crippen LogP contribution in [0.5, 0.6) is 0 Å². The Bertz CT molecular complexity index is 4190. The van der Waals surface area contributed by atoms with Gasteiger partial charge in [-0.25, -0.2) is 0 Å². The van der Waals surface area contributed by atoms with Gasteiger partial charge in [0, 0.05) is 44.8 Å². The van der Waals surface area contributed by atoms with Gasteiger partial charge in [0.2, 0.25) is 0 Å². The number of nitrogens with zero attached hydrogens (tertiary/aromatic N) is 2. The van der Waals surface area contributed by atoms with Crippen LogP contribution in [0.3, 0.4) is 0 Å². The van der Waals surface area contributed by atoms with Gasteiger partial charge in [0.1, 0.15) is 11.2 Å². The lowest BCUT2D eigenvalue weighted by molar-refractivity contribution is 0.665. The highest BCUT2D eigenvalue weighted by Gasteiger charge is 2.47. The molecular weight excluding hydrogens is 825 g/mol. The van der Waals surface area contributed by atoms with Crippen molar-refractivity contribution in [3.05, 3.63) is 289 Å². The van der Waals surface area contributed by atoms with Gasteiger partial charge in [0.05, 0.1) is 20.7 Å². The van der Waals surface area contributed by atoms with E-state index in [2.05, 4.69) is 113 Å². The second kappa shape index (κ2) is 16.2. The first-order chi connectivity index (χ1) is 36.6. The van der Waals surface area contributed by atoms with Crippen LogP contribution in [0.4, 0.5) is 34.1 Å². The van der Waals surface area contributed by atoms with E-state index in [-0.39, 0.29) is 34.5 Å². The normalized spacial score (nSPS) is 15.4. The number of benzene rings is 11. The quantitative estimate of drug-likeness (QED) is 0.144. The van der Waals surface area contributed by atoms with Gasteiger partial charge in [-0.05, 0) is 135 Å². The summed E-state index contributed by atoms with van der Waals surface area (Å²) < 4.78 is 72.6. The van der Waals surface area contributed by atoms with E-state index in [1.807, 2.05) is 121 Å². The molecule has 0 amide bonds. The number of furan rings is 1. The summed E-state index contributed by atoms with van der Waals surface area (Å²) in [5.74, 6) is 0. The number of para-hydroxylation sites is 5. The van der Waals surface area contributed by atoms with Gasteiger partial charge in [-0.1, -0.05) is 182 Å². The molecular formula is C65H44N2O. The maximum atomic E-state index is 10.3. The lowest BCUT2D eigenvalue weighted by Gasteiger charge is -2.35. The maximum Gasteiger partial charge on any atom is 0.135 e. The number of rotatable bonds is 9. The first-order valence-electron chi connectivity index (χ1n) is 26.3. The average molecular weight is 876 g/mol. The first kappa shape index (κ1) is 32.7. The van der Waals surface area contributed by atoms with Gasteiger partial charge in [-0.15, -0.1) is 0 Å². The van der Waals surface area contributed by atoms with Crippen molar-refractivity contribution in [3.8, 4) is 22.3 Å². The molecule has 0 N–H and O–H groups in total. The highest BCUT2D eigenvalue weighted by Crippen LogP contribution is 2.59. The number of hydrogen-bond donors (Lipinski definition) is 0. The largest absolute Gasteiger partial charge is 0.456 e. The Labute approximate surface area is 405 Å². The second-order valence-electron chi connectivity index (χ2n) is 17.1. The van der Waals surface area contributed by atoms with E-state index in [0.717, 1.165) is 78.3 Å². The molecule has 3 heteroatoms. The van der Waals surface area contributed by atoms with E-state index in [1.54, 1.807) is 0 Å². The SMILES string of the molecule is [2H]c1c([2H])c([2H])c2c([2H])c(C3(c4ccc5c(c4)oc4ccccc45)c4ccc(N(c5ccccc5)c5ccccc5)cc4-c4cc(N(c5ccccc5)c5ccccc5-c5ccccc5)ccc43)c([2H])c([2H])c2c1[2H]. The summed E-state index contributed by atoms with van der Waals surface area (Å²) >= 11 is 0. The fraction of sp³-hybridized carbons (Fsp3) is 0.0154. The predicted molar refractivity (Wildman–Crippen MR) is 283 cm³/mol. The zero-order valence-corrected chi connectivity index (χ0v) is 36.7. The first-order valence-corrected chi connectivity index (χ1v) is 22.8. The molecule has 0 aliphatic heterocycles. The van der Waals surface area contributed by atoms with E-state index >= 15 is 0 Å². The Morgan fingerprint density at radius 2 is 0.912 bits per heavy atom. The molecule has 0 fully saturated rings. The van der Waals surface area contributed by atoms with Gasteiger partial charge < -0.3 is 14.2 Å². The third kappa shape index (κ3) is 6.35. The Morgan fingerprint density at radius 3 is 1.59 bits per heavy atom. The topological polar surface area (TPSA) is 19.6 Å². The molecule has 0 radical (unpaired) electrons. The molecule has 13 rings (SSSR count). The fourth-order valence-corrected chi connectivity index (χ4v) is 10.4. The second-order valence-corrected chi connectivity index (χ2v) is 17.1. The molecule has 1 aliphatic rings. The highest BCUT2D eigenvalue weighted by atomic mass is 16.3. The molecule has 11 aromatic carbocycles. The minimum atomic E-state index is -1.52. The lowest BCUT2D eigenvalue weighted by atomic mass is 9.67. The Kier molecular flexibility index (Phi) is 7.79. The minimum Gasteiger partial charge on any atom is -0.456 e. The van der Waals surface area contributed by atoms with Crippen LogP contribution in [0.1, 0.15) is 31.8 Å². The van der Waals surface area contributed by atoms with Crippen molar-refractivity contribution in [2.75, 3.05) is 9.80 Å². The third-order valence-electron chi connectivity index (χ3n) is 13.3. The number of fused-ring (bicyclic) bond motifs is 7. The molecule has 320 valence electrons. The Morgan fingerprint density at radius 1 is 0.368 bits per heavy atom. The van der Waals surface area contributed by atoms with Crippen molar-refractivity contribution in [1.82, 2.24) is 0 Å². The maximum absolute atomic E-state index is 10.3. The third-order valence-corrected chi connectivity index (χ3v) is 13.3. The van der Waals surface area contributed by atoms with Crippen molar-refractivity contribution in [2.45, 2.75) is 5.41 Å². The van der Waals surface area contributed by atoms with Crippen molar-refractivity contribution in [3.63, 3.8) is 0 Å². The van der Waals surface area contributed by atoms with Gasteiger partial charge in [0.25, 0.3) is 0 Å². The molecule has 1 heterocycles. The van der Waals surface area contributed by atoms with Gasteiger partial charge in [-0.3, -0.25) is 0 Å². The molecule has 1 aliphatic carbocycles. The van der Waals surface area contributed by atoms with Crippen LogP contribution in [0.15, 0.2) is 271 Å². The summed E-state index contributed by atoms with van der Waals surface area (Å²) in [5.41, 5.74) is 11.2. The molecule has 1 aromatic heterocycles. The van der Waals surface area contributed by atoms with Gasteiger partial charge >= 0.3 is 0 Å². The van der Waals surface area contributed by atoms with E-state index in [4.69, 9.17) is 8.53 Å². The monoisotopic (exact) mass is 875 g/mol. The highest BCUT2D eigenvalue weighted by molar-refractivity contribution is 6.05. The molecule has 0 saturated heterocycles. The average Bonchev–Trinajstić information content (AvgIpc) is 3.98. The van der Waals surface area contributed by atoms with Crippen molar-refractivity contribution in [1.29, 1.82) is 0 Å². The summed E-state index contributed by atoms with van der Waals surface area (Å²) in [4.78, 5) is 4.46. The molecule has 0 spiro atoms. The summed E-state index contributed by atoms with van der Waals surface area (Å²) in [6, 6.07) is 73.0. The fourth-order valence-electron chi connectivity index (χ4n) is 10.4. The number of hydrogen-bond acceptors (Lipinski definition) is 3. The molecule has 68 heavy (non-hydrogen) atoms. The summed E-state index contributed by atoms with van der Waals surface area (Å²) in [6.45, 7) is 0. The summed E-state index contributed by atoms with van der Waals surface area (Å²) in [6.07, 6.45) is 0. The van der Waals surface area contributed by atoms with Crippen molar-refractivity contribution < 1.29 is 14.0 Å². The van der Waals surface area contributed by atoms with Crippen LogP contribution in [-0.4, -0.2) is 0 Å². The van der Waals surface area contributed by atoms with Crippen LogP contribution >= 0.6 is 0 Å². The van der Waals surface area contributed by atoms with Crippen molar-refractivity contribution >= 4 is 66.8 Å². The van der Waals surface area contributed by atoms with E-state index in [0.29, 0.717) is 16.7 Å².